The van der Waals surface area contributed by atoms with Crippen LogP contribution in [0.15, 0.2) is 0 Å². The van der Waals surface area contributed by atoms with Crippen LogP contribution in [-0.4, -0.2) is 25.2 Å². The average molecular weight is 214 g/mol. The third-order valence-electron chi connectivity index (χ3n) is 2.41. The summed E-state index contributed by atoms with van der Waals surface area (Å²) in [5, 5.41) is 0. The zero-order valence-electron chi connectivity index (χ0n) is 9.38. The first-order chi connectivity index (χ1) is 7.17. The molecule has 0 saturated heterocycles. The number of ether oxygens (including phenoxy) is 2. The molecule has 86 valence electrons. The lowest BCUT2D eigenvalue weighted by molar-refractivity contribution is -0.164. The molecule has 0 spiro atoms. The quantitative estimate of drug-likeness (QED) is 0.498. The molecule has 1 saturated carbocycles. The molecule has 0 aromatic rings. The average Bonchev–Trinajstić information content (AvgIpc) is 3.03. The molecule has 0 radical (unpaired) electrons. The van der Waals surface area contributed by atoms with Crippen LogP contribution in [0.1, 0.15) is 39.5 Å². The Balaban J connectivity index is 2.44. The molecule has 0 N–H and O–H groups in total. The second kappa shape index (κ2) is 5.14. The molecule has 15 heavy (non-hydrogen) atoms. The number of hydrogen-bond acceptors (Lipinski definition) is 4. The van der Waals surface area contributed by atoms with Gasteiger partial charge in [0.2, 0.25) is 0 Å². The second-order valence-electron chi connectivity index (χ2n) is 3.85. The van der Waals surface area contributed by atoms with Gasteiger partial charge in [-0.1, -0.05) is 13.8 Å². The summed E-state index contributed by atoms with van der Waals surface area (Å²) in [4.78, 5) is 23.1. The zero-order chi connectivity index (χ0) is 11.3. The first kappa shape index (κ1) is 12.0. The van der Waals surface area contributed by atoms with Crippen molar-refractivity contribution in [2.75, 3.05) is 13.2 Å². The number of rotatable bonds is 6. The van der Waals surface area contributed by atoms with Gasteiger partial charge in [-0.3, -0.25) is 9.59 Å². The Morgan fingerprint density at radius 3 is 1.67 bits per heavy atom. The summed E-state index contributed by atoms with van der Waals surface area (Å²) in [7, 11) is 0. The largest absolute Gasteiger partial charge is 0.465 e. The highest BCUT2D eigenvalue weighted by Crippen LogP contribution is 2.47. The van der Waals surface area contributed by atoms with E-state index in [9.17, 15) is 9.59 Å². The highest BCUT2D eigenvalue weighted by Gasteiger charge is 2.59. The monoisotopic (exact) mass is 214 g/mol. The fourth-order valence-electron chi connectivity index (χ4n) is 1.28. The predicted molar refractivity (Wildman–Crippen MR) is 54.2 cm³/mol. The Kier molecular flexibility index (Phi) is 4.12. The van der Waals surface area contributed by atoms with Crippen LogP contribution >= 0.6 is 0 Å². The van der Waals surface area contributed by atoms with Gasteiger partial charge in [-0.25, -0.2) is 0 Å². The van der Waals surface area contributed by atoms with Gasteiger partial charge in [0.1, 0.15) is 0 Å². The first-order valence-corrected chi connectivity index (χ1v) is 5.52. The fraction of sp³-hybridized carbons (Fsp3) is 0.818. The molecule has 0 bridgehead atoms. The molecule has 1 fully saturated rings. The molecule has 0 aromatic carbocycles. The van der Waals surface area contributed by atoms with Crippen molar-refractivity contribution in [1.29, 1.82) is 0 Å². The molecule has 0 amide bonds. The molecule has 4 heteroatoms. The van der Waals surface area contributed by atoms with Crippen molar-refractivity contribution in [3.05, 3.63) is 0 Å². The van der Waals surface area contributed by atoms with Gasteiger partial charge in [-0.15, -0.1) is 0 Å². The summed E-state index contributed by atoms with van der Waals surface area (Å²) in [6.07, 6.45) is 2.67. The number of carbonyl (C=O) groups excluding carboxylic acids is 2. The summed E-state index contributed by atoms with van der Waals surface area (Å²) >= 11 is 0. The highest BCUT2D eigenvalue weighted by molar-refractivity contribution is 6.03. The van der Waals surface area contributed by atoms with Gasteiger partial charge in [0.15, 0.2) is 5.41 Å². The van der Waals surface area contributed by atoms with Crippen LogP contribution in [0.5, 0.6) is 0 Å². The van der Waals surface area contributed by atoms with Crippen molar-refractivity contribution >= 4 is 11.9 Å². The van der Waals surface area contributed by atoms with E-state index in [0.717, 1.165) is 12.8 Å². The molecule has 0 aromatic heterocycles. The van der Waals surface area contributed by atoms with Crippen molar-refractivity contribution in [2.45, 2.75) is 39.5 Å². The SMILES string of the molecule is CCCOC(=O)C1(C(=O)OCCC)CC1. The Labute approximate surface area is 89.9 Å². The molecule has 0 aliphatic heterocycles. The Hall–Kier alpha value is -1.06. The van der Waals surface area contributed by atoms with Gasteiger partial charge in [0, 0.05) is 0 Å². The first-order valence-electron chi connectivity index (χ1n) is 5.52. The van der Waals surface area contributed by atoms with E-state index >= 15 is 0 Å². The van der Waals surface area contributed by atoms with E-state index in [2.05, 4.69) is 0 Å². The van der Waals surface area contributed by atoms with Crippen LogP contribution in [-0.2, 0) is 19.1 Å². The molecule has 0 unspecified atom stereocenters. The maximum Gasteiger partial charge on any atom is 0.323 e. The van der Waals surface area contributed by atoms with Gasteiger partial charge in [-0.2, -0.15) is 0 Å². The predicted octanol–water partition coefficient (Wildman–Crippen LogP) is 1.67. The van der Waals surface area contributed by atoms with E-state index in [1.54, 1.807) is 0 Å². The zero-order valence-corrected chi connectivity index (χ0v) is 9.38. The van der Waals surface area contributed by atoms with Crippen LogP contribution in [0, 0.1) is 5.41 Å². The third-order valence-corrected chi connectivity index (χ3v) is 2.41. The van der Waals surface area contributed by atoms with E-state index in [4.69, 9.17) is 9.47 Å². The van der Waals surface area contributed by atoms with Crippen LogP contribution < -0.4 is 0 Å². The van der Waals surface area contributed by atoms with Crippen molar-refractivity contribution in [1.82, 2.24) is 0 Å². The molecule has 0 heterocycles. The van der Waals surface area contributed by atoms with E-state index < -0.39 is 17.4 Å². The summed E-state index contributed by atoms with van der Waals surface area (Å²) in [6, 6.07) is 0. The summed E-state index contributed by atoms with van der Waals surface area (Å²) in [5.74, 6) is -0.823. The minimum Gasteiger partial charge on any atom is -0.465 e. The van der Waals surface area contributed by atoms with Crippen LogP contribution in [0.3, 0.4) is 0 Å². The molecular weight excluding hydrogens is 196 g/mol. The summed E-state index contributed by atoms with van der Waals surface area (Å²) < 4.78 is 9.96. The lowest BCUT2D eigenvalue weighted by atomic mass is 10.1. The lowest BCUT2D eigenvalue weighted by Crippen LogP contribution is -2.30. The Bertz CT molecular complexity index is 221. The minimum absolute atomic E-state index is 0.377. The Morgan fingerprint density at radius 1 is 1.00 bits per heavy atom. The molecule has 1 rings (SSSR count). The van der Waals surface area contributed by atoms with Crippen LogP contribution in [0.4, 0.5) is 0 Å². The van der Waals surface area contributed by atoms with E-state index in [0.29, 0.717) is 26.1 Å². The summed E-state index contributed by atoms with van der Waals surface area (Å²) in [6.45, 7) is 4.59. The van der Waals surface area contributed by atoms with E-state index in [1.165, 1.54) is 0 Å². The van der Waals surface area contributed by atoms with Gasteiger partial charge in [-0.05, 0) is 25.7 Å². The van der Waals surface area contributed by atoms with Gasteiger partial charge in [0.25, 0.3) is 0 Å². The van der Waals surface area contributed by atoms with Gasteiger partial charge < -0.3 is 9.47 Å². The summed E-state index contributed by atoms with van der Waals surface area (Å²) in [5.41, 5.74) is -0.954. The van der Waals surface area contributed by atoms with Gasteiger partial charge >= 0.3 is 11.9 Å². The minimum atomic E-state index is -0.954. The lowest BCUT2D eigenvalue weighted by Gasteiger charge is -2.12. The smallest absolute Gasteiger partial charge is 0.323 e. The highest BCUT2D eigenvalue weighted by atomic mass is 16.6. The topological polar surface area (TPSA) is 52.6 Å². The van der Waals surface area contributed by atoms with Crippen molar-refractivity contribution in [3.63, 3.8) is 0 Å². The maximum atomic E-state index is 11.6. The number of esters is 2. The number of hydrogen-bond donors (Lipinski definition) is 0. The molecule has 1 aliphatic carbocycles. The second-order valence-corrected chi connectivity index (χ2v) is 3.85. The van der Waals surface area contributed by atoms with Crippen molar-refractivity contribution < 1.29 is 19.1 Å². The molecule has 4 nitrogen and oxygen atoms in total. The molecular formula is C11H18O4. The normalized spacial score (nSPS) is 16.9. The van der Waals surface area contributed by atoms with Gasteiger partial charge in [0.05, 0.1) is 13.2 Å². The van der Waals surface area contributed by atoms with E-state index in [-0.39, 0.29) is 0 Å². The third kappa shape index (κ3) is 2.70. The fourth-order valence-corrected chi connectivity index (χ4v) is 1.28. The molecule has 1 aliphatic rings. The standard InChI is InChI=1S/C11H18O4/c1-3-7-14-9(12)11(5-6-11)10(13)15-8-4-2/h3-8H2,1-2H3. The Morgan fingerprint density at radius 2 is 1.40 bits per heavy atom. The van der Waals surface area contributed by atoms with E-state index in [1.807, 2.05) is 13.8 Å². The maximum absolute atomic E-state index is 11.6. The number of carbonyl (C=O) groups is 2. The molecule has 0 atom stereocenters. The van der Waals surface area contributed by atoms with Crippen LogP contribution in [0.2, 0.25) is 0 Å². The van der Waals surface area contributed by atoms with Crippen molar-refractivity contribution in [3.8, 4) is 0 Å². The van der Waals surface area contributed by atoms with Crippen LogP contribution in [0.25, 0.3) is 0 Å². The van der Waals surface area contributed by atoms with Crippen molar-refractivity contribution in [2.24, 2.45) is 5.41 Å².